The lowest BCUT2D eigenvalue weighted by atomic mass is 10.0. The van der Waals surface area contributed by atoms with E-state index in [4.69, 9.17) is 10.3 Å². The summed E-state index contributed by atoms with van der Waals surface area (Å²) in [5.41, 5.74) is 1.15. The van der Waals surface area contributed by atoms with Crippen LogP contribution in [-0.2, 0) is 0 Å². The molecule has 0 aliphatic carbocycles. The van der Waals surface area contributed by atoms with Gasteiger partial charge in [0, 0.05) is 12.0 Å². The van der Waals surface area contributed by atoms with Gasteiger partial charge >= 0.3 is 5.97 Å². The van der Waals surface area contributed by atoms with E-state index in [-0.39, 0.29) is 16.9 Å². The average molecular weight is 410 g/mol. The van der Waals surface area contributed by atoms with Crippen LogP contribution in [0.1, 0.15) is 113 Å². The van der Waals surface area contributed by atoms with Gasteiger partial charge in [0.25, 0.3) is 0 Å². The van der Waals surface area contributed by atoms with Crippen molar-refractivity contribution < 1.29 is 30.5 Å². The van der Waals surface area contributed by atoms with Gasteiger partial charge in [0.2, 0.25) is 0 Å². The molecule has 0 aliphatic rings. The molecule has 1 rings (SSSR count). The summed E-state index contributed by atoms with van der Waals surface area (Å²) in [5.74, 6) is -1.93. The average Bonchev–Trinajstić information content (AvgIpc) is 2.66. The van der Waals surface area contributed by atoms with Crippen LogP contribution in [0.3, 0.4) is 0 Å². The molecule has 0 atom stereocenters. The molecule has 6 nitrogen and oxygen atoms in total. The van der Waals surface area contributed by atoms with Crippen molar-refractivity contribution in [2.75, 3.05) is 0 Å². The number of hydroxylamine groups is 1. The SMILES string of the molecule is CC(C)(C)[NH2+]O.CCCCCCCCCCCC(=O)c1ccc([O-])c(C(=O)O)c1. The first-order valence-electron chi connectivity index (χ1n) is 10.7. The summed E-state index contributed by atoms with van der Waals surface area (Å²) in [7, 11) is 0. The number of benzene rings is 1. The number of ketones is 1. The molecule has 1 aromatic carbocycles. The number of aromatic carboxylic acids is 1. The molecule has 0 amide bonds. The molecule has 0 saturated heterocycles. The van der Waals surface area contributed by atoms with E-state index in [1.165, 1.54) is 56.1 Å². The van der Waals surface area contributed by atoms with E-state index in [9.17, 15) is 14.7 Å². The van der Waals surface area contributed by atoms with E-state index in [1.54, 1.807) is 0 Å². The van der Waals surface area contributed by atoms with E-state index >= 15 is 0 Å². The fourth-order valence-corrected chi connectivity index (χ4v) is 2.61. The standard InChI is InChI=1S/C19H28O4.C4H11NO/c1-2-3-4-5-6-7-8-9-10-11-17(20)15-12-13-18(21)16(14-15)19(22)23;1-4(2,3)5-6/h12-14,21H,2-11H2,1H3,(H,22,23);5-6H,1-3H3. The van der Waals surface area contributed by atoms with Gasteiger partial charge < -0.3 is 10.2 Å². The van der Waals surface area contributed by atoms with Crippen molar-refractivity contribution in [3.63, 3.8) is 0 Å². The van der Waals surface area contributed by atoms with Crippen LogP contribution in [0.15, 0.2) is 18.2 Å². The largest absolute Gasteiger partial charge is 0.872 e. The van der Waals surface area contributed by atoms with Crippen molar-refractivity contribution >= 4 is 11.8 Å². The molecule has 0 saturated carbocycles. The summed E-state index contributed by atoms with van der Waals surface area (Å²) in [4.78, 5) is 23.0. The van der Waals surface area contributed by atoms with Gasteiger partial charge in [-0.2, -0.15) is 5.48 Å². The number of hydrogen-bond donors (Lipinski definition) is 3. The molecule has 4 N–H and O–H groups in total. The highest BCUT2D eigenvalue weighted by molar-refractivity contribution is 5.99. The van der Waals surface area contributed by atoms with Crippen LogP contribution in [0, 0.1) is 0 Å². The Bertz CT molecular complexity index is 608. The Labute approximate surface area is 175 Å². The lowest BCUT2D eigenvalue weighted by molar-refractivity contribution is -0.929. The van der Waals surface area contributed by atoms with Crippen molar-refractivity contribution in [2.24, 2.45) is 0 Å². The van der Waals surface area contributed by atoms with Crippen LogP contribution in [0.4, 0.5) is 0 Å². The molecule has 1 aromatic rings. The second-order valence-corrected chi connectivity index (χ2v) is 8.51. The van der Waals surface area contributed by atoms with Crippen molar-refractivity contribution in [3.8, 4) is 5.75 Å². The van der Waals surface area contributed by atoms with Crippen LogP contribution in [-0.4, -0.2) is 27.6 Å². The molecule has 0 spiro atoms. The third kappa shape index (κ3) is 13.8. The molecule has 29 heavy (non-hydrogen) atoms. The van der Waals surface area contributed by atoms with E-state index in [1.807, 2.05) is 20.8 Å². The number of unbranched alkanes of at least 4 members (excludes halogenated alkanes) is 8. The molecule has 0 aliphatic heterocycles. The molecule has 0 aromatic heterocycles. The Morgan fingerprint density at radius 1 is 0.966 bits per heavy atom. The van der Waals surface area contributed by atoms with Crippen molar-refractivity contribution in [2.45, 2.75) is 97.4 Å². The van der Waals surface area contributed by atoms with Crippen LogP contribution >= 0.6 is 0 Å². The molecule has 0 fully saturated rings. The summed E-state index contributed by atoms with van der Waals surface area (Å²) >= 11 is 0. The van der Waals surface area contributed by atoms with Gasteiger partial charge in [-0.3, -0.25) is 4.79 Å². The minimum Gasteiger partial charge on any atom is -0.872 e. The van der Waals surface area contributed by atoms with Crippen molar-refractivity contribution in [3.05, 3.63) is 29.3 Å². The molecule has 0 unspecified atom stereocenters. The van der Waals surface area contributed by atoms with Gasteiger partial charge in [-0.15, -0.1) is 0 Å². The lowest BCUT2D eigenvalue weighted by Gasteiger charge is -2.11. The van der Waals surface area contributed by atoms with Gasteiger partial charge in [0.15, 0.2) is 5.78 Å². The smallest absolute Gasteiger partial charge is 0.335 e. The second kappa shape index (κ2) is 15.0. The first-order chi connectivity index (χ1) is 13.6. The molecule has 0 heterocycles. The number of rotatable bonds is 12. The number of nitrogens with two attached hydrogens (primary N) is 1. The Kier molecular flexibility index (Phi) is 14.0. The minimum absolute atomic E-state index is 0.0278. The van der Waals surface area contributed by atoms with Gasteiger partial charge in [-0.05, 0) is 33.3 Å². The quantitative estimate of drug-likeness (QED) is 0.270. The molecule has 0 radical (unpaired) electrons. The zero-order valence-corrected chi connectivity index (χ0v) is 18.5. The fraction of sp³-hybridized carbons (Fsp3) is 0.652. The minimum atomic E-state index is -1.28. The topological polar surface area (TPSA) is 114 Å². The van der Waals surface area contributed by atoms with E-state index in [2.05, 4.69) is 6.92 Å². The normalized spacial score (nSPS) is 10.9. The first-order valence-corrected chi connectivity index (χ1v) is 10.7. The number of carbonyl (C=O) groups excluding carboxylic acids is 1. The Morgan fingerprint density at radius 2 is 1.45 bits per heavy atom. The molecular formula is C23H39NO5. The maximum absolute atomic E-state index is 12.0. The predicted molar refractivity (Wildman–Crippen MR) is 112 cm³/mol. The first kappa shape index (κ1) is 27.1. The van der Waals surface area contributed by atoms with Crippen LogP contribution in [0.5, 0.6) is 5.75 Å². The Balaban J connectivity index is 0.00000113. The van der Waals surface area contributed by atoms with Crippen molar-refractivity contribution in [1.82, 2.24) is 0 Å². The summed E-state index contributed by atoms with van der Waals surface area (Å²) in [6.07, 6.45) is 11.1. The Morgan fingerprint density at radius 3 is 1.90 bits per heavy atom. The summed E-state index contributed by atoms with van der Waals surface area (Å²) in [5, 5.41) is 28.6. The summed E-state index contributed by atoms with van der Waals surface area (Å²) < 4.78 is 0. The fourth-order valence-electron chi connectivity index (χ4n) is 2.61. The van der Waals surface area contributed by atoms with Gasteiger partial charge in [-0.25, -0.2) is 10.0 Å². The monoisotopic (exact) mass is 409 g/mol. The van der Waals surface area contributed by atoms with Gasteiger partial charge in [0.1, 0.15) is 5.54 Å². The van der Waals surface area contributed by atoms with Crippen LogP contribution < -0.4 is 10.6 Å². The highest BCUT2D eigenvalue weighted by Crippen LogP contribution is 2.18. The number of hydrogen-bond acceptors (Lipinski definition) is 4. The summed E-state index contributed by atoms with van der Waals surface area (Å²) in [6.45, 7) is 8.02. The molecule has 166 valence electrons. The maximum atomic E-state index is 12.0. The van der Waals surface area contributed by atoms with E-state index in [0.717, 1.165) is 25.3 Å². The van der Waals surface area contributed by atoms with Crippen LogP contribution in [0.25, 0.3) is 0 Å². The highest BCUT2D eigenvalue weighted by Gasteiger charge is 2.10. The number of quaternary nitrogens is 1. The second-order valence-electron chi connectivity index (χ2n) is 8.51. The van der Waals surface area contributed by atoms with Crippen LogP contribution in [0.2, 0.25) is 0 Å². The Hall–Kier alpha value is -1.92. The molecular weight excluding hydrogens is 370 g/mol. The van der Waals surface area contributed by atoms with E-state index < -0.39 is 11.7 Å². The number of Topliss-reactive ketones (excluding diaryl/α,β-unsaturated/α-hetero) is 1. The predicted octanol–water partition coefficient (Wildman–Crippen LogP) is 4.30. The van der Waals surface area contributed by atoms with Crippen molar-refractivity contribution in [1.29, 1.82) is 0 Å². The van der Waals surface area contributed by atoms with Gasteiger partial charge in [0.05, 0.1) is 5.56 Å². The van der Waals surface area contributed by atoms with E-state index in [0.29, 0.717) is 12.0 Å². The zero-order valence-electron chi connectivity index (χ0n) is 18.5. The zero-order chi connectivity index (χ0) is 22.3. The molecule has 6 heteroatoms. The highest BCUT2D eigenvalue weighted by atomic mass is 16.5. The summed E-state index contributed by atoms with van der Waals surface area (Å²) in [6, 6.07) is 3.78. The third-order valence-corrected chi connectivity index (χ3v) is 4.43. The molecule has 0 bridgehead atoms. The third-order valence-electron chi connectivity index (χ3n) is 4.43. The maximum Gasteiger partial charge on any atom is 0.335 e. The number of carbonyl (C=O) groups is 2. The van der Waals surface area contributed by atoms with Gasteiger partial charge in [-0.1, -0.05) is 76.2 Å². The number of carboxylic acid groups (broad SMARTS) is 1. The number of carboxylic acids is 1. The lowest BCUT2D eigenvalue weighted by Crippen LogP contribution is -2.91.